The lowest BCUT2D eigenvalue weighted by atomic mass is 10.2. The van der Waals surface area contributed by atoms with Gasteiger partial charge in [0.2, 0.25) is 0 Å². The van der Waals surface area contributed by atoms with Crippen LogP contribution in [-0.4, -0.2) is 30.2 Å². The molecule has 28 heavy (non-hydrogen) atoms. The molecule has 0 saturated heterocycles. The van der Waals surface area contributed by atoms with Gasteiger partial charge in [0.05, 0.1) is 23.2 Å². The van der Waals surface area contributed by atoms with Crippen molar-refractivity contribution in [1.29, 1.82) is 0 Å². The summed E-state index contributed by atoms with van der Waals surface area (Å²) in [5.74, 6) is 0.813. The van der Waals surface area contributed by atoms with E-state index in [0.717, 1.165) is 0 Å². The van der Waals surface area contributed by atoms with Crippen molar-refractivity contribution in [3.8, 4) is 0 Å². The summed E-state index contributed by atoms with van der Waals surface area (Å²) in [4.78, 5) is 43.5. The predicted octanol–water partition coefficient (Wildman–Crippen LogP) is 1.91. The fourth-order valence-corrected chi connectivity index (χ4v) is 3.43. The van der Waals surface area contributed by atoms with Crippen LogP contribution in [0.3, 0.4) is 0 Å². The van der Waals surface area contributed by atoms with Crippen LogP contribution >= 0.6 is 0 Å². The molecule has 0 radical (unpaired) electrons. The second-order valence-corrected chi connectivity index (χ2v) is 7.20. The molecule has 0 aromatic carbocycles. The molecular weight excluding hydrogens is 360 g/mol. The molecule has 146 valence electrons. The van der Waals surface area contributed by atoms with E-state index in [0.29, 0.717) is 24.7 Å². The van der Waals surface area contributed by atoms with Gasteiger partial charge in [0, 0.05) is 18.8 Å². The molecule has 0 aliphatic heterocycles. The molecule has 3 aromatic rings. The minimum Gasteiger partial charge on any atom is -0.307 e. The first-order valence-electron chi connectivity index (χ1n) is 9.47. The van der Waals surface area contributed by atoms with Crippen molar-refractivity contribution in [1.82, 2.24) is 24.3 Å². The topological polar surface area (TPSA) is 115 Å². The second kappa shape index (κ2) is 7.06. The Kier molecular flexibility index (Phi) is 4.58. The van der Waals surface area contributed by atoms with Crippen molar-refractivity contribution in [3.05, 3.63) is 50.9 Å². The Morgan fingerprint density at radius 1 is 1.39 bits per heavy atom. The molecule has 1 unspecified atom stereocenters. The normalized spacial score (nSPS) is 14.9. The zero-order valence-electron chi connectivity index (χ0n) is 15.8. The minimum atomic E-state index is -0.554. The van der Waals surface area contributed by atoms with E-state index in [9.17, 15) is 14.4 Å². The summed E-state index contributed by atoms with van der Waals surface area (Å²) in [6.07, 6.45) is 6.10. The third-order valence-corrected chi connectivity index (χ3v) is 5.14. The molecule has 0 bridgehead atoms. The number of nitrogens with one attached hydrogen (secondary N) is 2. The highest BCUT2D eigenvalue weighted by Crippen LogP contribution is 2.40. The molecule has 3 aromatic heterocycles. The molecule has 1 aliphatic carbocycles. The fourth-order valence-electron chi connectivity index (χ4n) is 3.43. The Morgan fingerprint density at radius 2 is 2.18 bits per heavy atom. The van der Waals surface area contributed by atoms with Gasteiger partial charge in [-0.15, -0.1) is 0 Å². The first-order valence-corrected chi connectivity index (χ1v) is 9.47. The largest absolute Gasteiger partial charge is 0.329 e. The van der Waals surface area contributed by atoms with Gasteiger partial charge >= 0.3 is 5.69 Å². The molecule has 0 spiro atoms. The van der Waals surface area contributed by atoms with E-state index in [1.165, 1.54) is 29.7 Å². The number of carbonyl (C=O) groups excluding carboxylic acids is 1. The molecule has 3 heterocycles. The van der Waals surface area contributed by atoms with Crippen LogP contribution in [0.15, 0.2) is 34.1 Å². The van der Waals surface area contributed by atoms with Crippen LogP contribution in [0.25, 0.3) is 11.0 Å². The van der Waals surface area contributed by atoms with Crippen LogP contribution in [0.4, 0.5) is 5.82 Å². The first kappa shape index (κ1) is 18.1. The van der Waals surface area contributed by atoms with Crippen LogP contribution < -0.4 is 16.6 Å². The van der Waals surface area contributed by atoms with Gasteiger partial charge in [-0.2, -0.15) is 5.10 Å². The average molecular weight is 382 g/mol. The zero-order chi connectivity index (χ0) is 19.8. The standard InChI is InChI=1S/C19H22N6O3/c1-3-8-24-16-14(18(27)23-19(24)28)9-13(10-20-16)17(26)22-15-6-7-21-25(15)11(2)12-4-5-12/h6-7,9-12H,3-5,8H2,1-2H3,(H,22,26)(H,23,27,28). The van der Waals surface area contributed by atoms with E-state index >= 15 is 0 Å². The van der Waals surface area contributed by atoms with Crippen LogP contribution in [-0.2, 0) is 6.54 Å². The third-order valence-electron chi connectivity index (χ3n) is 5.14. The van der Waals surface area contributed by atoms with E-state index in [1.54, 1.807) is 12.3 Å². The van der Waals surface area contributed by atoms with E-state index in [-0.39, 0.29) is 28.5 Å². The summed E-state index contributed by atoms with van der Waals surface area (Å²) in [6.45, 7) is 4.45. The first-order chi connectivity index (χ1) is 13.5. The number of aromatic amines is 1. The molecule has 1 saturated carbocycles. The molecule has 1 amide bonds. The van der Waals surface area contributed by atoms with Crippen molar-refractivity contribution in [2.24, 2.45) is 5.92 Å². The number of anilines is 1. The number of rotatable bonds is 6. The summed E-state index contributed by atoms with van der Waals surface area (Å²) in [7, 11) is 0. The van der Waals surface area contributed by atoms with E-state index in [2.05, 4.69) is 27.3 Å². The molecule has 1 aliphatic rings. The van der Waals surface area contributed by atoms with Gasteiger partial charge in [0.15, 0.2) is 0 Å². The number of hydrogen-bond acceptors (Lipinski definition) is 5. The summed E-state index contributed by atoms with van der Waals surface area (Å²) < 4.78 is 3.22. The van der Waals surface area contributed by atoms with Gasteiger partial charge < -0.3 is 5.32 Å². The lowest BCUT2D eigenvalue weighted by molar-refractivity contribution is 0.102. The zero-order valence-corrected chi connectivity index (χ0v) is 15.8. The number of hydrogen-bond donors (Lipinski definition) is 2. The van der Waals surface area contributed by atoms with Gasteiger partial charge in [0.1, 0.15) is 11.5 Å². The molecule has 9 heteroatoms. The third kappa shape index (κ3) is 3.23. The quantitative estimate of drug-likeness (QED) is 0.676. The number of fused-ring (bicyclic) bond motifs is 1. The Balaban J connectivity index is 1.66. The second-order valence-electron chi connectivity index (χ2n) is 7.20. The lowest BCUT2D eigenvalue weighted by Gasteiger charge is -2.15. The van der Waals surface area contributed by atoms with Crippen molar-refractivity contribution >= 4 is 22.8 Å². The highest BCUT2D eigenvalue weighted by atomic mass is 16.2. The number of amides is 1. The number of nitrogens with zero attached hydrogens (tertiary/aromatic N) is 4. The minimum absolute atomic E-state index is 0.209. The smallest absolute Gasteiger partial charge is 0.307 e. The van der Waals surface area contributed by atoms with Crippen LogP contribution in [0.1, 0.15) is 49.5 Å². The number of pyridine rings is 1. The van der Waals surface area contributed by atoms with Gasteiger partial charge in [-0.05, 0) is 38.2 Å². The van der Waals surface area contributed by atoms with Crippen LogP contribution in [0.2, 0.25) is 0 Å². The molecule has 4 rings (SSSR count). The molecule has 1 fully saturated rings. The predicted molar refractivity (Wildman–Crippen MR) is 105 cm³/mol. The van der Waals surface area contributed by atoms with Crippen molar-refractivity contribution in [3.63, 3.8) is 0 Å². The highest BCUT2D eigenvalue weighted by molar-refractivity contribution is 6.05. The Labute approximate surface area is 160 Å². The lowest BCUT2D eigenvalue weighted by Crippen LogP contribution is -2.31. The van der Waals surface area contributed by atoms with Gasteiger partial charge in [-0.1, -0.05) is 6.92 Å². The number of carbonyl (C=O) groups is 1. The van der Waals surface area contributed by atoms with E-state index < -0.39 is 11.2 Å². The fraction of sp³-hybridized carbons (Fsp3) is 0.421. The molecule has 9 nitrogen and oxygen atoms in total. The highest BCUT2D eigenvalue weighted by Gasteiger charge is 2.30. The van der Waals surface area contributed by atoms with Crippen molar-refractivity contribution < 1.29 is 4.79 Å². The maximum Gasteiger partial charge on any atom is 0.329 e. The Hall–Kier alpha value is -3.23. The molecular formula is C19H22N6O3. The SMILES string of the molecule is CCCn1c(=O)[nH]c(=O)c2cc(C(=O)Nc3ccnn3C(C)C3CC3)cnc21. The number of H-pyrrole nitrogens is 1. The van der Waals surface area contributed by atoms with Gasteiger partial charge in [0.25, 0.3) is 11.5 Å². The van der Waals surface area contributed by atoms with E-state index in [1.807, 2.05) is 11.6 Å². The van der Waals surface area contributed by atoms with Gasteiger partial charge in [-0.3, -0.25) is 19.1 Å². The number of aryl methyl sites for hydroxylation is 1. The summed E-state index contributed by atoms with van der Waals surface area (Å²) in [6, 6.07) is 3.43. The Morgan fingerprint density at radius 3 is 2.89 bits per heavy atom. The Bertz CT molecular complexity index is 1150. The monoisotopic (exact) mass is 382 g/mol. The van der Waals surface area contributed by atoms with Crippen molar-refractivity contribution in [2.45, 2.75) is 45.7 Å². The van der Waals surface area contributed by atoms with Crippen LogP contribution in [0.5, 0.6) is 0 Å². The summed E-state index contributed by atoms with van der Waals surface area (Å²) in [5.41, 5.74) is -0.532. The average Bonchev–Trinajstić information content (AvgIpc) is 3.43. The molecule has 1 atom stereocenters. The summed E-state index contributed by atoms with van der Waals surface area (Å²) >= 11 is 0. The van der Waals surface area contributed by atoms with E-state index in [4.69, 9.17) is 0 Å². The summed E-state index contributed by atoms with van der Waals surface area (Å²) in [5, 5.41) is 7.38. The van der Waals surface area contributed by atoms with Gasteiger partial charge in [-0.25, -0.2) is 14.5 Å². The maximum absolute atomic E-state index is 12.7. The van der Waals surface area contributed by atoms with Crippen LogP contribution in [0, 0.1) is 5.92 Å². The number of aromatic nitrogens is 5. The maximum atomic E-state index is 12.7. The van der Waals surface area contributed by atoms with Crippen molar-refractivity contribution in [2.75, 3.05) is 5.32 Å². The molecule has 2 N–H and O–H groups in total.